The van der Waals surface area contributed by atoms with E-state index in [0.29, 0.717) is 30.3 Å². The Morgan fingerprint density at radius 3 is 2.67 bits per heavy atom. The van der Waals surface area contributed by atoms with Gasteiger partial charge in [0.05, 0.1) is 6.04 Å². The molecule has 0 aliphatic carbocycles. The maximum absolute atomic E-state index is 13.3. The van der Waals surface area contributed by atoms with Crippen molar-refractivity contribution >= 4 is 5.91 Å². The molecule has 0 radical (unpaired) electrons. The second-order valence-electron chi connectivity index (χ2n) is 6.29. The highest BCUT2D eigenvalue weighted by Crippen LogP contribution is 2.29. The van der Waals surface area contributed by atoms with Crippen molar-refractivity contribution in [3.05, 3.63) is 47.3 Å². The van der Waals surface area contributed by atoms with Gasteiger partial charge in [0.1, 0.15) is 5.82 Å². The third-order valence-corrected chi connectivity index (χ3v) is 4.53. The molecule has 0 bridgehead atoms. The van der Waals surface area contributed by atoms with E-state index in [1.165, 1.54) is 31.2 Å². The minimum atomic E-state index is -1.35. The van der Waals surface area contributed by atoms with Gasteiger partial charge in [-0.25, -0.2) is 8.78 Å². The number of hydrogen-bond acceptors (Lipinski definition) is 6. The van der Waals surface area contributed by atoms with Gasteiger partial charge in [0, 0.05) is 18.7 Å². The molecule has 1 aromatic carbocycles. The summed E-state index contributed by atoms with van der Waals surface area (Å²) in [5.41, 5.74) is 0.398. The first-order chi connectivity index (χ1) is 13.0. The molecule has 1 amide bonds. The number of rotatable bonds is 3. The lowest BCUT2D eigenvalue weighted by atomic mass is 10.1. The maximum Gasteiger partial charge on any atom is 0.295 e. The van der Waals surface area contributed by atoms with E-state index in [1.54, 1.807) is 9.47 Å². The van der Waals surface area contributed by atoms with Crippen LogP contribution in [0.3, 0.4) is 0 Å². The van der Waals surface area contributed by atoms with E-state index < -0.39 is 12.0 Å². The first kappa shape index (κ1) is 17.3. The first-order valence-corrected chi connectivity index (χ1v) is 8.43. The second-order valence-corrected chi connectivity index (χ2v) is 6.29. The van der Waals surface area contributed by atoms with Crippen molar-refractivity contribution in [2.45, 2.75) is 32.6 Å². The predicted octanol–water partition coefficient (Wildman–Crippen LogP) is 2.71. The van der Waals surface area contributed by atoms with Crippen LogP contribution in [0.15, 0.2) is 28.8 Å². The SMILES string of the molecule is CC(F)c1noc(-c2nnc3n2CCN(C(=O)c2ccc(F)cc2)C3C)n1. The van der Waals surface area contributed by atoms with Gasteiger partial charge in [-0.1, -0.05) is 5.16 Å². The van der Waals surface area contributed by atoms with E-state index in [1.807, 2.05) is 6.92 Å². The van der Waals surface area contributed by atoms with Crippen molar-refractivity contribution < 1.29 is 18.1 Å². The molecule has 3 aromatic rings. The molecule has 2 atom stereocenters. The third-order valence-electron chi connectivity index (χ3n) is 4.53. The average Bonchev–Trinajstić information content (AvgIpc) is 3.29. The highest BCUT2D eigenvalue weighted by molar-refractivity contribution is 5.94. The van der Waals surface area contributed by atoms with Gasteiger partial charge in [-0.3, -0.25) is 4.79 Å². The molecule has 0 saturated heterocycles. The largest absolute Gasteiger partial charge is 0.330 e. The molecule has 4 rings (SSSR count). The quantitative estimate of drug-likeness (QED) is 0.700. The van der Waals surface area contributed by atoms with Crippen molar-refractivity contribution in [1.82, 2.24) is 29.8 Å². The van der Waals surface area contributed by atoms with E-state index in [-0.39, 0.29) is 23.7 Å². The lowest BCUT2D eigenvalue weighted by molar-refractivity contribution is 0.0638. The summed E-state index contributed by atoms with van der Waals surface area (Å²) in [6, 6.07) is 5.05. The number of aromatic nitrogens is 5. The normalized spacial score (nSPS) is 17.6. The van der Waals surface area contributed by atoms with Crippen LogP contribution in [0.1, 0.15) is 48.1 Å². The number of nitrogens with zero attached hydrogens (tertiary/aromatic N) is 6. The van der Waals surface area contributed by atoms with E-state index in [2.05, 4.69) is 20.3 Å². The van der Waals surface area contributed by atoms with Crippen LogP contribution in [0.2, 0.25) is 0 Å². The number of halogens is 2. The Hall–Kier alpha value is -3.17. The van der Waals surface area contributed by atoms with Crippen LogP contribution in [0.25, 0.3) is 11.7 Å². The molecule has 2 aromatic heterocycles. The number of alkyl halides is 1. The molecule has 0 fully saturated rings. The lowest BCUT2D eigenvalue weighted by Crippen LogP contribution is -2.41. The maximum atomic E-state index is 13.3. The summed E-state index contributed by atoms with van der Waals surface area (Å²) in [6.45, 7) is 3.95. The van der Waals surface area contributed by atoms with E-state index >= 15 is 0 Å². The van der Waals surface area contributed by atoms with Crippen LogP contribution in [0, 0.1) is 5.82 Å². The standard InChI is InChI=1S/C17H16F2N6O2/c1-9(18)13-20-16(27-23-13)15-22-21-14-10(2)24(7-8-25(14)15)17(26)11-3-5-12(19)6-4-11/h3-6,9-10H,7-8H2,1-2H3. The molecule has 140 valence electrons. The summed E-state index contributed by atoms with van der Waals surface area (Å²) in [6.07, 6.45) is -1.35. The minimum absolute atomic E-state index is 0.0562. The molecule has 1 aliphatic rings. The van der Waals surface area contributed by atoms with E-state index in [9.17, 15) is 13.6 Å². The molecule has 8 nitrogen and oxygen atoms in total. The fraction of sp³-hybridized carbons (Fsp3) is 0.353. The fourth-order valence-corrected chi connectivity index (χ4v) is 3.07. The zero-order chi connectivity index (χ0) is 19.1. The van der Waals surface area contributed by atoms with Crippen LogP contribution < -0.4 is 0 Å². The Labute approximate surface area is 152 Å². The van der Waals surface area contributed by atoms with Crippen LogP contribution in [-0.2, 0) is 6.54 Å². The minimum Gasteiger partial charge on any atom is -0.330 e. The average molecular weight is 374 g/mol. The number of carbonyl (C=O) groups excluding carboxylic acids is 1. The van der Waals surface area contributed by atoms with Crippen molar-refractivity contribution in [3.63, 3.8) is 0 Å². The number of carbonyl (C=O) groups is 1. The number of fused-ring (bicyclic) bond motifs is 1. The molecular weight excluding hydrogens is 358 g/mol. The topological polar surface area (TPSA) is 89.9 Å². The Kier molecular flexibility index (Phi) is 4.17. The Balaban J connectivity index is 1.61. The summed E-state index contributed by atoms with van der Waals surface area (Å²) < 4.78 is 33.3. The van der Waals surface area contributed by atoms with E-state index in [0.717, 1.165) is 0 Å². The fourth-order valence-electron chi connectivity index (χ4n) is 3.07. The molecule has 0 spiro atoms. The Morgan fingerprint density at radius 1 is 1.26 bits per heavy atom. The summed E-state index contributed by atoms with van der Waals surface area (Å²) in [5, 5.41) is 11.8. The van der Waals surface area contributed by atoms with Crippen molar-refractivity contribution in [3.8, 4) is 11.7 Å². The lowest BCUT2D eigenvalue weighted by Gasteiger charge is -2.33. The van der Waals surface area contributed by atoms with Gasteiger partial charge in [0.15, 0.2) is 12.0 Å². The summed E-state index contributed by atoms with van der Waals surface area (Å²) in [4.78, 5) is 18.4. The summed E-state index contributed by atoms with van der Waals surface area (Å²) in [7, 11) is 0. The molecular formula is C17H16F2N6O2. The van der Waals surface area contributed by atoms with Crippen LogP contribution in [0.4, 0.5) is 8.78 Å². The van der Waals surface area contributed by atoms with Gasteiger partial charge >= 0.3 is 0 Å². The monoisotopic (exact) mass is 374 g/mol. The number of benzene rings is 1. The molecule has 10 heteroatoms. The van der Waals surface area contributed by atoms with Crippen LogP contribution in [0.5, 0.6) is 0 Å². The second kappa shape index (κ2) is 6.53. The van der Waals surface area contributed by atoms with Gasteiger partial charge in [-0.15, -0.1) is 10.2 Å². The molecule has 3 heterocycles. The van der Waals surface area contributed by atoms with Gasteiger partial charge in [-0.05, 0) is 38.1 Å². The van der Waals surface area contributed by atoms with Gasteiger partial charge in [0.2, 0.25) is 11.6 Å². The smallest absolute Gasteiger partial charge is 0.295 e. The summed E-state index contributed by atoms with van der Waals surface area (Å²) >= 11 is 0. The summed E-state index contributed by atoms with van der Waals surface area (Å²) in [5.74, 6) is 0.303. The molecule has 0 saturated carbocycles. The van der Waals surface area contributed by atoms with Gasteiger partial charge in [-0.2, -0.15) is 4.98 Å². The van der Waals surface area contributed by atoms with Crippen LogP contribution >= 0.6 is 0 Å². The zero-order valence-corrected chi connectivity index (χ0v) is 14.6. The predicted molar refractivity (Wildman–Crippen MR) is 88.7 cm³/mol. The molecule has 1 aliphatic heterocycles. The van der Waals surface area contributed by atoms with Gasteiger partial charge < -0.3 is 14.0 Å². The number of amides is 1. The Bertz CT molecular complexity index is 982. The molecule has 0 N–H and O–H groups in total. The third kappa shape index (κ3) is 2.96. The number of hydrogen-bond donors (Lipinski definition) is 0. The Morgan fingerprint density at radius 2 is 2.00 bits per heavy atom. The highest BCUT2D eigenvalue weighted by atomic mass is 19.1. The van der Waals surface area contributed by atoms with Gasteiger partial charge in [0.25, 0.3) is 11.8 Å². The highest BCUT2D eigenvalue weighted by Gasteiger charge is 2.33. The van der Waals surface area contributed by atoms with Crippen molar-refractivity contribution in [2.75, 3.05) is 6.54 Å². The molecule has 27 heavy (non-hydrogen) atoms. The first-order valence-electron chi connectivity index (χ1n) is 8.43. The van der Waals surface area contributed by atoms with Crippen molar-refractivity contribution in [2.24, 2.45) is 0 Å². The zero-order valence-electron chi connectivity index (χ0n) is 14.6. The molecule has 2 unspecified atom stereocenters. The van der Waals surface area contributed by atoms with E-state index in [4.69, 9.17) is 4.52 Å². The van der Waals surface area contributed by atoms with Crippen molar-refractivity contribution in [1.29, 1.82) is 0 Å². The van der Waals surface area contributed by atoms with Crippen LogP contribution in [-0.4, -0.2) is 42.3 Å².